The third kappa shape index (κ3) is 1.90. The Morgan fingerprint density at radius 2 is 2.38 bits per heavy atom. The van der Waals surface area contributed by atoms with Crippen LogP contribution >= 0.6 is 12.2 Å². The molecule has 0 aromatic rings. The summed E-state index contributed by atoms with van der Waals surface area (Å²) in [7, 11) is 2.72. The molecule has 1 aliphatic rings. The van der Waals surface area contributed by atoms with E-state index in [9.17, 15) is 9.90 Å². The zero-order chi connectivity index (χ0) is 12.2. The number of allylic oxidation sites excluding steroid dienone is 2. The van der Waals surface area contributed by atoms with E-state index in [2.05, 4.69) is 22.4 Å². The first kappa shape index (κ1) is 12.6. The number of thiocarbonyl (C=S) groups is 1. The summed E-state index contributed by atoms with van der Waals surface area (Å²) >= 11 is 4.50. The molecule has 0 radical (unpaired) electrons. The Labute approximate surface area is 98.1 Å². The predicted molar refractivity (Wildman–Crippen MR) is 60.4 cm³/mol. The van der Waals surface area contributed by atoms with Gasteiger partial charge in [0.15, 0.2) is 6.04 Å². The Morgan fingerprint density at radius 3 is 2.81 bits per heavy atom. The summed E-state index contributed by atoms with van der Waals surface area (Å²) in [5, 5.41) is 11.4. The molecule has 0 heterocycles. The number of carboxylic acid groups (broad SMARTS) is 1. The lowest BCUT2D eigenvalue weighted by Crippen LogP contribution is -2.50. The van der Waals surface area contributed by atoms with Crippen molar-refractivity contribution in [3.63, 3.8) is 0 Å². The van der Waals surface area contributed by atoms with E-state index in [1.807, 2.05) is 0 Å². The summed E-state index contributed by atoms with van der Waals surface area (Å²) in [4.78, 5) is 15.1. The minimum atomic E-state index is -1.59. The SMILES string of the molecule is COC1=CC=CC(OC)(C(=O)O)C1N=C=S. The van der Waals surface area contributed by atoms with E-state index in [4.69, 9.17) is 9.47 Å². The molecule has 0 fully saturated rings. The molecule has 0 saturated heterocycles. The van der Waals surface area contributed by atoms with Gasteiger partial charge in [0.25, 0.3) is 0 Å². The van der Waals surface area contributed by atoms with Crippen molar-refractivity contribution in [2.24, 2.45) is 4.99 Å². The minimum absolute atomic E-state index is 0.365. The summed E-state index contributed by atoms with van der Waals surface area (Å²) in [5.41, 5.74) is -1.59. The molecule has 5 nitrogen and oxygen atoms in total. The largest absolute Gasteiger partial charge is 0.499 e. The number of carbonyl (C=O) groups is 1. The van der Waals surface area contributed by atoms with Crippen LogP contribution in [0.3, 0.4) is 0 Å². The molecule has 6 heteroatoms. The first-order valence-electron chi connectivity index (χ1n) is 4.41. The molecule has 0 saturated carbocycles. The molecule has 1 N–H and O–H groups in total. The van der Waals surface area contributed by atoms with E-state index in [0.29, 0.717) is 5.76 Å². The van der Waals surface area contributed by atoms with Gasteiger partial charge in [-0.2, -0.15) is 0 Å². The van der Waals surface area contributed by atoms with Crippen LogP contribution in [0.4, 0.5) is 0 Å². The van der Waals surface area contributed by atoms with Gasteiger partial charge in [0.05, 0.1) is 12.3 Å². The molecular formula is C10H11NO4S. The maximum absolute atomic E-state index is 11.3. The molecular weight excluding hydrogens is 230 g/mol. The van der Waals surface area contributed by atoms with Crippen LogP contribution in [0.5, 0.6) is 0 Å². The second kappa shape index (κ2) is 5.03. The Hall–Kier alpha value is -1.49. The highest BCUT2D eigenvalue weighted by atomic mass is 32.1. The van der Waals surface area contributed by atoms with Crippen LogP contribution in [-0.4, -0.2) is 42.1 Å². The highest BCUT2D eigenvalue weighted by molar-refractivity contribution is 7.78. The fourth-order valence-corrected chi connectivity index (χ4v) is 1.63. The van der Waals surface area contributed by atoms with Crippen LogP contribution < -0.4 is 0 Å². The molecule has 0 spiro atoms. The van der Waals surface area contributed by atoms with Crippen molar-refractivity contribution in [1.29, 1.82) is 0 Å². The van der Waals surface area contributed by atoms with Gasteiger partial charge in [-0.15, -0.1) is 0 Å². The second-order valence-corrected chi connectivity index (χ2v) is 3.24. The van der Waals surface area contributed by atoms with Crippen molar-refractivity contribution in [3.8, 4) is 0 Å². The minimum Gasteiger partial charge on any atom is -0.499 e. The number of rotatable bonds is 4. The predicted octanol–water partition coefficient (Wildman–Crippen LogP) is 1.03. The van der Waals surface area contributed by atoms with Crippen molar-refractivity contribution in [2.45, 2.75) is 11.6 Å². The standard InChI is InChI=1S/C10H11NO4S/c1-14-7-4-3-5-10(15-2,9(12)13)8(7)11-6-16/h3-5,8H,1-2H3,(H,12,13). The van der Waals surface area contributed by atoms with Crippen LogP contribution in [0, 0.1) is 0 Å². The smallest absolute Gasteiger partial charge is 0.342 e. The highest BCUT2D eigenvalue weighted by Gasteiger charge is 2.48. The van der Waals surface area contributed by atoms with Crippen molar-refractivity contribution in [1.82, 2.24) is 0 Å². The molecule has 1 rings (SSSR count). The number of methoxy groups -OCH3 is 2. The van der Waals surface area contributed by atoms with Crippen LogP contribution in [0.15, 0.2) is 29.0 Å². The van der Waals surface area contributed by atoms with Crippen LogP contribution in [-0.2, 0) is 14.3 Å². The summed E-state index contributed by atoms with van der Waals surface area (Å²) in [6.07, 6.45) is 4.56. The van der Waals surface area contributed by atoms with Crippen LogP contribution in [0.1, 0.15) is 0 Å². The Kier molecular flexibility index (Phi) is 3.95. The number of hydrogen-bond acceptors (Lipinski definition) is 5. The average molecular weight is 241 g/mol. The van der Waals surface area contributed by atoms with Gasteiger partial charge in [-0.3, -0.25) is 0 Å². The zero-order valence-corrected chi connectivity index (χ0v) is 9.65. The Balaban J connectivity index is 3.28. The highest BCUT2D eigenvalue weighted by Crippen LogP contribution is 2.30. The third-order valence-corrected chi connectivity index (χ3v) is 2.47. The van der Waals surface area contributed by atoms with E-state index in [1.54, 1.807) is 12.2 Å². The van der Waals surface area contributed by atoms with Crippen molar-refractivity contribution in [2.75, 3.05) is 14.2 Å². The number of aliphatic carboxylic acids is 1. The summed E-state index contributed by atoms with van der Waals surface area (Å²) in [5.74, 6) is -0.794. The van der Waals surface area contributed by atoms with E-state index in [1.165, 1.54) is 20.3 Å². The molecule has 86 valence electrons. The summed E-state index contributed by atoms with van der Waals surface area (Å²) in [6, 6.07) is -0.859. The Morgan fingerprint density at radius 1 is 1.69 bits per heavy atom. The molecule has 16 heavy (non-hydrogen) atoms. The van der Waals surface area contributed by atoms with E-state index < -0.39 is 17.6 Å². The molecule has 0 aromatic carbocycles. The normalized spacial score (nSPS) is 27.9. The zero-order valence-electron chi connectivity index (χ0n) is 8.84. The average Bonchev–Trinajstić information content (AvgIpc) is 2.29. The van der Waals surface area contributed by atoms with E-state index in [-0.39, 0.29) is 0 Å². The molecule has 0 aliphatic heterocycles. The molecule has 2 unspecified atom stereocenters. The number of isothiocyanates is 1. The van der Waals surface area contributed by atoms with Gasteiger partial charge < -0.3 is 14.6 Å². The van der Waals surface area contributed by atoms with Gasteiger partial charge in [-0.25, -0.2) is 9.79 Å². The number of nitrogens with zero attached hydrogens (tertiary/aromatic N) is 1. The number of ether oxygens (including phenoxy) is 2. The van der Waals surface area contributed by atoms with Crippen molar-refractivity contribution < 1.29 is 19.4 Å². The number of hydrogen-bond donors (Lipinski definition) is 1. The van der Waals surface area contributed by atoms with E-state index in [0.717, 1.165) is 0 Å². The lowest BCUT2D eigenvalue weighted by atomic mass is 9.88. The maximum atomic E-state index is 11.3. The van der Waals surface area contributed by atoms with Gasteiger partial charge in [0.1, 0.15) is 5.76 Å². The molecule has 2 atom stereocenters. The monoisotopic (exact) mass is 241 g/mol. The fraction of sp³-hybridized carbons (Fsp3) is 0.400. The van der Waals surface area contributed by atoms with E-state index >= 15 is 0 Å². The van der Waals surface area contributed by atoms with Crippen LogP contribution in [0.2, 0.25) is 0 Å². The number of carboxylic acids is 1. The van der Waals surface area contributed by atoms with Gasteiger partial charge in [0.2, 0.25) is 5.60 Å². The van der Waals surface area contributed by atoms with Gasteiger partial charge in [-0.05, 0) is 24.4 Å². The molecule has 0 amide bonds. The molecule has 0 aromatic heterocycles. The first-order chi connectivity index (χ1) is 7.62. The van der Waals surface area contributed by atoms with Crippen LogP contribution in [0.25, 0.3) is 0 Å². The quantitative estimate of drug-likeness (QED) is 0.588. The molecule has 0 bridgehead atoms. The summed E-state index contributed by atoms with van der Waals surface area (Å²) in [6.45, 7) is 0. The second-order valence-electron chi connectivity index (χ2n) is 3.06. The topological polar surface area (TPSA) is 68.1 Å². The third-order valence-electron chi connectivity index (χ3n) is 2.37. The lowest BCUT2D eigenvalue weighted by molar-refractivity contribution is -0.158. The lowest BCUT2D eigenvalue weighted by Gasteiger charge is -2.32. The fourth-order valence-electron chi connectivity index (χ4n) is 1.53. The Bertz CT molecular complexity index is 398. The van der Waals surface area contributed by atoms with Crippen molar-refractivity contribution >= 4 is 23.3 Å². The van der Waals surface area contributed by atoms with Crippen molar-refractivity contribution in [3.05, 3.63) is 24.0 Å². The van der Waals surface area contributed by atoms with Gasteiger partial charge in [-0.1, -0.05) is 6.08 Å². The first-order valence-corrected chi connectivity index (χ1v) is 4.82. The maximum Gasteiger partial charge on any atom is 0.342 e. The van der Waals surface area contributed by atoms with Gasteiger partial charge >= 0.3 is 5.97 Å². The van der Waals surface area contributed by atoms with Gasteiger partial charge in [0, 0.05) is 7.11 Å². The molecule has 1 aliphatic carbocycles. The summed E-state index contributed by atoms with van der Waals surface area (Å²) < 4.78 is 10.1. The number of aliphatic imine (C=N–C) groups is 1.